The Labute approximate surface area is 184 Å². The van der Waals surface area contributed by atoms with E-state index in [-0.39, 0.29) is 5.88 Å². The van der Waals surface area contributed by atoms with Gasteiger partial charge in [-0.3, -0.25) is 0 Å². The van der Waals surface area contributed by atoms with Crippen LogP contribution < -0.4 is 9.47 Å². The first-order valence-corrected chi connectivity index (χ1v) is 10.8. The highest BCUT2D eigenvalue weighted by Crippen LogP contribution is 2.32. The molecule has 0 amide bonds. The van der Waals surface area contributed by atoms with Crippen LogP contribution in [0.3, 0.4) is 0 Å². The van der Waals surface area contributed by atoms with Crippen molar-refractivity contribution in [1.29, 1.82) is 0 Å². The molecule has 0 radical (unpaired) electrons. The van der Waals surface area contributed by atoms with Gasteiger partial charge in [-0.1, -0.05) is 60.7 Å². The molecule has 0 aliphatic rings. The maximum absolute atomic E-state index is 10.1. The Bertz CT molecular complexity index is 1150. The fourth-order valence-electron chi connectivity index (χ4n) is 3.05. The fraction of sp³-hybridized carbons (Fsp3) is 0.125. The molecule has 0 aliphatic carbocycles. The van der Waals surface area contributed by atoms with Crippen molar-refractivity contribution in [2.24, 2.45) is 0 Å². The summed E-state index contributed by atoms with van der Waals surface area (Å²) < 4.78 is 12.6. The van der Waals surface area contributed by atoms with Crippen molar-refractivity contribution in [1.82, 2.24) is 4.98 Å². The summed E-state index contributed by atoms with van der Waals surface area (Å²) in [6.07, 6.45) is 0.496. The number of nitrogens with one attached hydrogen (secondary N) is 1. The van der Waals surface area contributed by atoms with E-state index in [0.29, 0.717) is 23.6 Å². The summed E-state index contributed by atoms with van der Waals surface area (Å²) in [6, 6.07) is 25.8. The lowest BCUT2D eigenvalue weighted by molar-refractivity contribution is 0.295. The maximum Gasteiger partial charge on any atom is 0.203 e. The Morgan fingerprint density at radius 2 is 1.47 bits per heavy atom. The minimum Gasteiger partial charge on any atom is -0.494 e. The summed E-state index contributed by atoms with van der Waals surface area (Å²) in [6.45, 7) is 0.950. The second kappa shape index (κ2) is 9.61. The van der Waals surface area contributed by atoms with Gasteiger partial charge in [-0.25, -0.2) is 0 Å². The molecule has 0 fully saturated rings. The van der Waals surface area contributed by atoms with Crippen LogP contribution in [0.25, 0.3) is 0 Å². The molecule has 4 rings (SSSR count). The van der Waals surface area contributed by atoms with Gasteiger partial charge in [-0.2, -0.15) is 0 Å². The molecule has 4 nitrogen and oxygen atoms in total. The smallest absolute Gasteiger partial charge is 0.203 e. The van der Waals surface area contributed by atoms with Gasteiger partial charge < -0.3 is 19.6 Å². The highest BCUT2D eigenvalue weighted by atomic mass is 32.1. The summed E-state index contributed by atoms with van der Waals surface area (Å²) in [7, 11) is 0. The normalized spacial score (nSPS) is 10.7. The molecular formula is C24H21NO3S2. The standard InChI is InChI=1S/C24H21NO3S2/c26-23-22(30-24(29)25-23)14-19-13-20(27-15-17-7-3-1-4-8-17)11-12-21(19)28-16-18-9-5-2-6-10-18/h1-13,26H,14-16H2,(H,25,29). The van der Waals surface area contributed by atoms with Gasteiger partial charge in [0.25, 0.3) is 0 Å². The number of hydrogen-bond donors (Lipinski definition) is 2. The molecular weight excluding hydrogens is 414 g/mol. The summed E-state index contributed by atoms with van der Waals surface area (Å²) in [5.74, 6) is 1.61. The lowest BCUT2D eigenvalue weighted by Gasteiger charge is -2.14. The van der Waals surface area contributed by atoms with Gasteiger partial charge in [0.15, 0.2) is 3.95 Å². The van der Waals surface area contributed by atoms with Gasteiger partial charge in [0.05, 0.1) is 4.88 Å². The number of rotatable bonds is 8. The molecule has 2 N–H and O–H groups in total. The van der Waals surface area contributed by atoms with E-state index >= 15 is 0 Å². The summed E-state index contributed by atoms with van der Waals surface area (Å²) in [5.41, 5.74) is 3.12. The van der Waals surface area contributed by atoms with E-state index in [2.05, 4.69) is 4.98 Å². The molecule has 0 aliphatic heterocycles. The van der Waals surface area contributed by atoms with E-state index in [1.807, 2.05) is 78.9 Å². The number of aromatic hydroxyl groups is 1. The van der Waals surface area contributed by atoms with E-state index in [4.69, 9.17) is 21.7 Å². The molecule has 4 aromatic rings. The van der Waals surface area contributed by atoms with Crippen LogP contribution >= 0.6 is 23.6 Å². The van der Waals surface area contributed by atoms with Crippen molar-refractivity contribution in [3.8, 4) is 17.4 Å². The quantitative estimate of drug-likeness (QED) is 0.321. The number of hydrogen-bond acceptors (Lipinski definition) is 5. The van der Waals surface area contributed by atoms with Crippen molar-refractivity contribution in [3.63, 3.8) is 0 Å². The molecule has 0 spiro atoms. The Morgan fingerprint density at radius 3 is 2.07 bits per heavy atom. The second-order valence-corrected chi connectivity index (χ2v) is 8.55. The predicted molar refractivity (Wildman–Crippen MR) is 122 cm³/mol. The van der Waals surface area contributed by atoms with Gasteiger partial charge in [0.2, 0.25) is 5.88 Å². The van der Waals surface area contributed by atoms with Gasteiger partial charge in [0.1, 0.15) is 24.7 Å². The molecule has 0 bridgehead atoms. The Morgan fingerprint density at radius 1 is 0.833 bits per heavy atom. The number of aromatic amines is 1. The second-order valence-electron chi connectivity index (χ2n) is 6.78. The number of ether oxygens (including phenoxy) is 2. The molecule has 6 heteroatoms. The number of benzene rings is 3. The first-order valence-electron chi connectivity index (χ1n) is 9.55. The Balaban J connectivity index is 1.56. The van der Waals surface area contributed by atoms with Crippen molar-refractivity contribution in [2.45, 2.75) is 19.6 Å². The molecule has 0 saturated carbocycles. The maximum atomic E-state index is 10.1. The molecule has 3 aromatic carbocycles. The molecule has 1 aromatic heterocycles. The van der Waals surface area contributed by atoms with E-state index < -0.39 is 0 Å². The van der Waals surface area contributed by atoms with Crippen LogP contribution in [0, 0.1) is 3.95 Å². The summed E-state index contributed by atoms with van der Waals surface area (Å²) in [5, 5.41) is 10.1. The van der Waals surface area contributed by atoms with E-state index in [0.717, 1.165) is 33.1 Å². The molecule has 0 unspecified atom stereocenters. The third-order valence-corrected chi connectivity index (χ3v) is 5.79. The van der Waals surface area contributed by atoms with Gasteiger partial charge in [-0.05, 0) is 41.5 Å². The first kappa shape index (κ1) is 20.2. The van der Waals surface area contributed by atoms with Gasteiger partial charge in [-0.15, -0.1) is 11.3 Å². The van der Waals surface area contributed by atoms with E-state index in [9.17, 15) is 5.11 Å². The fourth-order valence-corrected chi connectivity index (χ4v) is 4.19. The lowest BCUT2D eigenvalue weighted by atomic mass is 10.1. The lowest BCUT2D eigenvalue weighted by Crippen LogP contribution is -2.01. The highest BCUT2D eigenvalue weighted by molar-refractivity contribution is 7.73. The van der Waals surface area contributed by atoms with Gasteiger partial charge >= 0.3 is 0 Å². The SMILES string of the molecule is Oc1[nH]c(=S)sc1Cc1cc(OCc2ccccc2)ccc1OCc1ccccc1. The van der Waals surface area contributed by atoms with E-state index in [1.165, 1.54) is 11.3 Å². The number of aromatic nitrogens is 1. The van der Waals surface area contributed by atoms with E-state index in [1.54, 1.807) is 0 Å². The van der Waals surface area contributed by atoms with Crippen LogP contribution in [-0.2, 0) is 19.6 Å². The molecule has 1 heterocycles. The molecule has 0 atom stereocenters. The zero-order chi connectivity index (χ0) is 20.8. The largest absolute Gasteiger partial charge is 0.494 e. The van der Waals surface area contributed by atoms with Crippen LogP contribution in [0.15, 0.2) is 78.9 Å². The van der Waals surface area contributed by atoms with Crippen molar-refractivity contribution >= 4 is 23.6 Å². The zero-order valence-electron chi connectivity index (χ0n) is 16.2. The van der Waals surface area contributed by atoms with Crippen LogP contribution in [-0.4, -0.2) is 10.1 Å². The average Bonchev–Trinajstić information content (AvgIpc) is 3.09. The third-order valence-electron chi connectivity index (χ3n) is 4.57. The minimum atomic E-state index is 0.106. The summed E-state index contributed by atoms with van der Waals surface area (Å²) >= 11 is 6.51. The predicted octanol–water partition coefficient (Wildman–Crippen LogP) is 6.26. The molecule has 0 saturated heterocycles. The van der Waals surface area contributed by atoms with Crippen molar-refractivity contribution in [3.05, 3.63) is 104 Å². The monoisotopic (exact) mass is 435 g/mol. The highest BCUT2D eigenvalue weighted by Gasteiger charge is 2.13. The zero-order valence-corrected chi connectivity index (χ0v) is 17.8. The minimum absolute atomic E-state index is 0.106. The van der Waals surface area contributed by atoms with Crippen LogP contribution in [0.1, 0.15) is 21.6 Å². The van der Waals surface area contributed by atoms with Crippen LogP contribution in [0.5, 0.6) is 17.4 Å². The van der Waals surface area contributed by atoms with Crippen molar-refractivity contribution in [2.75, 3.05) is 0 Å². The molecule has 152 valence electrons. The van der Waals surface area contributed by atoms with Gasteiger partial charge in [0, 0.05) is 12.0 Å². The topological polar surface area (TPSA) is 54.5 Å². The third kappa shape index (κ3) is 5.28. The Hall–Kier alpha value is -3.09. The van der Waals surface area contributed by atoms with Crippen molar-refractivity contribution < 1.29 is 14.6 Å². The first-order chi connectivity index (χ1) is 14.7. The summed E-state index contributed by atoms with van der Waals surface area (Å²) in [4.78, 5) is 3.55. The number of H-pyrrole nitrogens is 1. The Kier molecular flexibility index (Phi) is 6.47. The average molecular weight is 436 g/mol. The van der Waals surface area contributed by atoms with Crippen LogP contribution in [0.2, 0.25) is 0 Å². The number of thiazole rings is 1. The van der Waals surface area contributed by atoms with Crippen LogP contribution in [0.4, 0.5) is 0 Å². The molecule has 30 heavy (non-hydrogen) atoms.